The molecule has 0 radical (unpaired) electrons. The number of benzene rings is 2. The van der Waals surface area contributed by atoms with Crippen molar-refractivity contribution < 1.29 is 38.1 Å². The van der Waals surface area contributed by atoms with Gasteiger partial charge in [-0.2, -0.15) is 10.2 Å². The van der Waals surface area contributed by atoms with E-state index in [1.807, 2.05) is 0 Å². The number of carbonyl (C=O) groups is 4. The van der Waals surface area contributed by atoms with Gasteiger partial charge in [-0.05, 0) is 50.2 Å². The van der Waals surface area contributed by atoms with Crippen molar-refractivity contribution in [1.29, 1.82) is 0 Å². The van der Waals surface area contributed by atoms with E-state index >= 15 is 0 Å². The van der Waals surface area contributed by atoms with Crippen molar-refractivity contribution in [3.8, 4) is 11.5 Å². The van der Waals surface area contributed by atoms with Crippen molar-refractivity contribution in [2.45, 2.75) is 13.8 Å². The number of esters is 2. The monoisotopic (exact) mass is 575 g/mol. The second kappa shape index (κ2) is 16.5. The Morgan fingerprint density at radius 1 is 0.667 bits per heavy atom. The molecule has 218 valence electrons. The number of pyridine rings is 1. The van der Waals surface area contributed by atoms with Crippen LogP contribution in [0.5, 0.6) is 11.5 Å². The predicted molar refractivity (Wildman–Crippen MR) is 151 cm³/mol. The number of hydrogen-bond acceptors (Lipinski definition) is 11. The molecule has 3 aromatic rings. The first kappa shape index (κ1) is 30.9. The van der Waals surface area contributed by atoms with E-state index in [4.69, 9.17) is 18.9 Å². The van der Waals surface area contributed by atoms with E-state index in [-0.39, 0.29) is 37.8 Å². The first-order chi connectivity index (χ1) is 20.4. The van der Waals surface area contributed by atoms with Gasteiger partial charge in [0.1, 0.15) is 22.9 Å². The molecule has 2 N–H and O–H groups in total. The number of nitrogens with one attached hydrogen (secondary N) is 2. The van der Waals surface area contributed by atoms with Crippen molar-refractivity contribution in [1.82, 2.24) is 15.8 Å². The molecule has 0 saturated carbocycles. The Morgan fingerprint density at radius 2 is 1.10 bits per heavy atom. The summed E-state index contributed by atoms with van der Waals surface area (Å²) in [5, 5.41) is 7.84. The molecule has 0 fully saturated rings. The lowest BCUT2D eigenvalue weighted by molar-refractivity contribution is -0.146. The molecule has 0 spiro atoms. The van der Waals surface area contributed by atoms with Crippen LogP contribution in [-0.4, -0.2) is 67.6 Å². The fraction of sp³-hybridized carbons (Fsp3) is 0.207. The minimum atomic E-state index is -0.665. The maximum absolute atomic E-state index is 12.6. The number of amides is 2. The van der Waals surface area contributed by atoms with Crippen LogP contribution in [0.1, 0.15) is 46.0 Å². The van der Waals surface area contributed by atoms with Crippen molar-refractivity contribution in [2.75, 3.05) is 26.4 Å². The molecular weight excluding hydrogens is 546 g/mol. The van der Waals surface area contributed by atoms with Gasteiger partial charge in [0.15, 0.2) is 13.2 Å². The van der Waals surface area contributed by atoms with Gasteiger partial charge in [0.2, 0.25) is 0 Å². The maximum Gasteiger partial charge on any atom is 0.344 e. The summed E-state index contributed by atoms with van der Waals surface area (Å²) in [6.45, 7) is 3.33. The Balaban J connectivity index is 1.58. The maximum atomic E-state index is 12.6. The third kappa shape index (κ3) is 9.86. The number of carbonyl (C=O) groups excluding carboxylic acids is 4. The molecule has 1 heterocycles. The zero-order valence-electron chi connectivity index (χ0n) is 22.9. The summed E-state index contributed by atoms with van der Waals surface area (Å²) in [4.78, 5) is 52.4. The molecule has 0 bridgehead atoms. The lowest BCUT2D eigenvalue weighted by Gasteiger charge is -2.08. The molecule has 0 aliphatic carbocycles. The van der Waals surface area contributed by atoms with Crippen molar-refractivity contribution in [3.63, 3.8) is 0 Å². The summed E-state index contributed by atoms with van der Waals surface area (Å²) in [5.74, 6) is -1.61. The van der Waals surface area contributed by atoms with E-state index in [1.54, 1.807) is 62.4 Å². The van der Waals surface area contributed by atoms with Gasteiger partial charge in [0.05, 0.1) is 25.6 Å². The van der Waals surface area contributed by atoms with Crippen LogP contribution in [0, 0.1) is 0 Å². The van der Waals surface area contributed by atoms with Gasteiger partial charge in [0.25, 0.3) is 11.8 Å². The smallest absolute Gasteiger partial charge is 0.344 e. The molecule has 0 atom stereocenters. The average molecular weight is 576 g/mol. The molecule has 3 rings (SSSR count). The second-order valence-electron chi connectivity index (χ2n) is 8.07. The standard InChI is InChI=1S/C29H29N5O8/c1-3-39-26(35)18-41-24-14-7-5-10-20(24)16-30-33-28(37)22-12-9-13-23(32-22)29(38)34-31-17-21-11-6-8-15-25(21)42-19-27(36)40-4-2/h5-17H,3-4,18-19H2,1-2H3,(H,33,37)(H,34,38)/b30-16+,31-17+. The quantitative estimate of drug-likeness (QED) is 0.167. The van der Waals surface area contributed by atoms with Crippen LogP contribution in [0.3, 0.4) is 0 Å². The second-order valence-corrected chi connectivity index (χ2v) is 8.07. The van der Waals surface area contributed by atoms with E-state index in [9.17, 15) is 19.2 Å². The highest BCUT2D eigenvalue weighted by Crippen LogP contribution is 2.17. The van der Waals surface area contributed by atoms with Crippen molar-refractivity contribution in [3.05, 3.63) is 89.2 Å². The van der Waals surface area contributed by atoms with Crippen LogP contribution in [0.25, 0.3) is 0 Å². The fourth-order valence-electron chi connectivity index (χ4n) is 3.24. The molecule has 2 amide bonds. The third-order valence-electron chi connectivity index (χ3n) is 5.09. The van der Waals surface area contributed by atoms with Gasteiger partial charge in [-0.1, -0.05) is 30.3 Å². The number of nitrogens with zero attached hydrogens (tertiary/aromatic N) is 3. The molecule has 1 aromatic heterocycles. The van der Waals surface area contributed by atoms with Gasteiger partial charge < -0.3 is 18.9 Å². The minimum Gasteiger partial charge on any atom is -0.481 e. The molecule has 13 nitrogen and oxygen atoms in total. The van der Waals surface area contributed by atoms with Crippen molar-refractivity contribution in [2.24, 2.45) is 10.2 Å². The lowest BCUT2D eigenvalue weighted by Crippen LogP contribution is -2.23. The topological polar surface area (TPSA) is 167 Å². The number of hydrogen-bond donors (Lipinski definition) is 2. The Bertz CT molecular complexity index is 1350. The summed E-state index contributed by atoms with van der Waals surface area (Å²) < 4.78 is 20.6. The highest BCUT2D eigenvalue weighted by molar-refractivity contribution is 5.97. The minimum absolute atomic E-state index is 0.0617. The molecule has 0 unspecified atom stereocenters. The fourth-order valence-corrected chi connectivity index (χ4v) is 3.24. The largest absolute Gasteiger partial charge is 0.481 e. The molecule has 0 aliphatic heterocycles. The van der Waals surface area contributed by atoms with E-state index < -0.39 is 23.8 Å². The average Bonchev–Trinajstić information content (AvgIpc) is 3.00. The summed E-state index contributed by atoms with van der Waals surface area (Å²) in [6.07, 6.45) is 2.69. The van der Waals surface area contributed by atoms with Crippen LogP contribution in [0.2, 0.25) is 0 Å². The Labute approximate surface area is 241 Å². The van der Waals surface area contributed by atoms with Crippen LogP contribution in [0.4, 0.5) is 0 Å². The lowest BCUT2D eigenvalue weighted by atomic mass is 10.2. The van der Waals surface area contributed by atoms with Gasteiger partial charge >= 0.3 is 11.9 Å². The van der Waals surface area contributed by atoms with Crippen LogP contribution in [0.15, 0.2) is 76.9 Å². The first-order valence-electron chi connectivity index (χ1n) is 12.8. The third-order valence-corrected chi connectivity index (χ3v) is 5.09. The van der Waals surface area contributed by atoms with E-state index in [0.29, 0.717) is 22.6 Å². The van der Waals surface area contributed by atoms with Gasteiger partial charge in [-0.25, -0.2) is 25.4 Å². The summed E-state index contributed by atoms with van der Waals surface area (Å²) in [5.41, 5.74) is 5.57. The van der Waals surface area contributed by atoms with Gasteiger partial charge in [-0.3, -0.25) is 9.59 Å². The summed E-state index contributed by atoms with van der Waals surface area (Å²) >= 11 is 0. The zero-order chi connectivity index (χ0) is 30.2. The van der Waals surface area contributed by atoms with E-state index in [2.05, 4.69) is 26.0 Å². The summed E-state index contributed by atoms with van der Waals surface area (Å²) in [6, 6.07) is 17.9. The highest BCUT2D eigenvalue weighted by atomic mass is 16.6. The summed E-state index contributed by atoms with van der Waals surface area (Å²) in [7, 11) is 0. The molecule has 2 aromatic carbocycles. The van der Waals surface area contributed by atoms with Crippen molar-refractivity contribution >= 4 is 36.2 Å². The molecule has 42 heavy (non-hydrogen) atoms. The number of para-hydroxylation sites is 2. The van der Waals surface area contributed by atoms with E-state index in [1.165, 1.54) is 30.6 Å². The molecule has 0 saturated heterocycles. The Hall–Kier alpha value is -5.59. The Kier molecular flexibility index (Phi) is 12.2. The number of rotatable bonds is 14. The number of hydrazone groups is 2. The molecular formula is C29H29N5O8. The highest BCUT2D eigenvalue weighted by Gasteiger charge is 2.12. The normalized spacial score (nSPS) is 10.7. The zero-order valence-corrected chi connectivity index (χ0v) is 22.9. The Morgan fingerprint density at radius 3 is 1.52 bits per heavy atom. The molecule has 0 aliphatic rings. The number of ether oxygens (including phenoxy) is 4. The molecule has 13 heteroatoms. The van der Waals surface area contributed by atoms with E-state index in [0.717, 1.165) is 0 Å². The number of aromatic nitrogens is 1. The predicted octanol–water partition coefficient (Wildman–Crippen LogP) is 2.49. The van der Waals surface area contributed by atoms with Crippen LogP contribution < -0.4 is 20.3 Å². The van der Waals surface area contributed by atoms with Crippen LogP contribution in [-0.2, 0) is 19.1 Å². The first-order valence-corrected chi connectivity index (χ1v) is 12.8. The van der Waals surface area contributed by atoms with Gasteiger partial charge in [-0.15, -0.1) is 0 Å². The van der Waals surface area contributed by atoms with Gasteiger partial charge in [0, 0.05) is 11.1 Å². The van der Waals surface area contributed by atoms with Crippen LogP contribution >= 0.6 is 0 Å². The SMILES string of the molecule is CCOC(=O)COc1ccccc1/C=N/NC(=O)c1cccc(C(=O)N/N=C/c2ccccc2OCC(=O)OCC)n1.